The van der Waals surface area contributed by atoms with E-state index >= 15 is 0 Å². The van der Waals surface area contributed by atoms with Gasteiger partial charge in [0.2, 0.25) is 0 Å². The van der Waals surface area contributed by atoms with Crippen LogP contribution in [0.25, 0.3) is 0 Å². The Balaban J connectivity index is 1.62. The molecule has 0 bridgehead atoms. The highest BCUT2D eigenvalue weighted by Crippen LogP contribution is 2.29. The Morgan fingerprint density at radius 1 is 1.52 bits per heavy atom. The second-order valence-corrected chi connectivity index (χ2v) is 6.40. The number of amides is 2. The molecule has 1 atom stereocenters. The number of nitrogens with zero attached hydrogens (tertiary/aromatic N) is 1. The molecular formula is C14H20N4O2S. The molecule has 0 aliphatic carbocycles. The van der Waals surface area contributed by atoms with Crippen molar-refractivity contribution >= 4 is 28.2 Å². The predicted molar refractivity (Wildman–Crippen MR) is 82.9 cm³/mol. The number of anilines is 1. The number of hydrogen-bond acceptors (Lipinski definition) is 5. The zero-order valence-corrected chi connectivity index (χ0v) is 12.9. The Kier molecular flexibility index (Phi) is 4.12. The average molecular weight is 308 g/mol. The van der Waals surface area contributed by atoms with Crippen molar-refractivity contribution in [1.29, 1.82) is 0 Å². The summed E-state index contributed by atoms with van der Waals surface area (Å²) in [6.07, 6.45) is 2.34. The van der Waals surface area contributed by atoms with Crippen molar-refractivity contribution in [2.45, 2.75) is 25.8 Å². The summed E-state index contributed by atoms with van der Waals surface area (Å²) in [5, 5.41) is 9.56. The summed E-state index contributed by atoms with van der Waals surface area (Å²) >= 11 is 1.34. The van der Waals surface area contributed by atoms with E-state index in [1.165, 1.54) is 17.8 Å². The first-order valence-electron chi connectivity index (χ1n) is 7.37. The number of carbonyl (C=O) groups excluding carboxylic acids is 2. The minimum atomic E-state index is -0.119. The van der Waals surface area contributed by atoms with Gasteiger partial charge in [-0.15, -0.1) is 11.3 Å². The number of carbonyl (C=O) groups is 2. The lowest BCUT2D eigenvalue weighted by Gasteiger charge is -2.22. The van der Waals surface area contributed by atoms with Gasteiger partial charge in [-0.3, -0.25) is 14.5 Å². The SMILES string of the molecule is CCN1CCCC1CNC(=O)c1cc2c(s1)NCNC2=O. The van der Waals surface area contributed by atoms with Crippen molar-refractivity contribution in [1.82, 2.24) is 15.5 Å². The standard InChI is InChI=1S/C14H20N4O2S/c1-2-18-5-3-4-9(18)7-15-13(20)11-6-10-12(19)16-8-17-14(10)21-11/h6,9,17H,2-5,7-8H2,1H3,(H,15,20)(H,16,19). The molecule has 3 rings (SSSR count). The van der Waals surface area contributed by atoms with E-state index in [-0.39, 0.29) is 11.8 Å². The van der Waals surface area contributed by atoms with E-state index in [9.17, 15) is 9.59 Å². The largest absolute Gasteiger partial charge is 0.359 e. The lowest BCUT2D eigenvalue weighted by atomic mass is 10.2. The fourth-order valence-corrected chi connectivity index (χ4v) is 3.91. The van der Waals surface area contributed by atoms with Crippen molar-refractivity contribution < 1.29 is 9.59 Å². The van der Waals surface area contributed by atoms with Crippen molar-refractivity contribution in [3.63, 3.8) is 0 Å². The van der Waals surface area contributed by atoms with Gasteiger partial charge in [0.25, 0.3) is 11.8 Å². The summed E-state index contributed by atoms with van der Waals surface area (Å²) < 4.78 is 0. The highest BCUT2D eigenvalue weighted by atomic mass is 32.1. The lowest BCUT2D eigenvalue weighted by molar-refractivity contribution is 0.0945. The van der Waals surface area contributed by atoms with Gasteiger partial charge < -0.3 is 16.0 Å². The molecule has 1 fully saturated rings. The number of fused-ring (bicyclic) bond motifs is 1. The molecule has 3 N–H and O–H groups in total. The maximum Gasteiger partial charge on any atom is 0.261 e. The maximum atomic E-state index is 12.2. The highest BCUT2D eigenvalue weighted by molar-refractivity contribution is 7.18. The van der Waals surface area contributed by atoms with Crippen molar-refractivity contribution in [3.8, 4) is 0 Å². The minimum absolute atomic E-state index is 0.0908. The molecule has 7 heteroatoms. The van der Waals surface area contributed by atoms with Gasteiger partial charge in [0.1, 0.15) is 5.00 Å². The number of hydrogen-bond donors (Lipinski definition) is 3. The number of likely N-dealkylation sites (N-methyl/N-ethyl adjacent to an activating group) is 1. The Hall–Kier alpha value is -1.60. The first-order valence-corrected chi connectivity index (χ1v) is 8.19. The summed E-state index contributed by atoms with van der Waals surface area (Å²) in [5.41, 5.74) is 0.562. The Morgan fingerprint density at radius 2 is 2.38 bits per heavy atom. The van der Waals surface area contributed by atoms with Crippen LogP contribution in [0.4, 0.5) is 5.00 Å². The monoisotopic (exact) mass is 308 g/mol. The number of nitrogens with one attached hydrogen (secondary N) is 3. The third kappa shape index (κ3) is 2.89. The van der Waals surface area contributed by atoms with E-state index in [0.717, 1.165) is 24.5 Å². The third-order valence-corrected chi connectivity index (χ3v) is 5.19. The summed E-state index contributed by atoms with van der Waals surface area (Å²) in [4.78, 5) is 26.9. The second-order valence-electron chi connectivity index (χ2n) is 5.35. The number of thiophene rings is 1. The van der Waals surface area contributed by atoms with Crippen LogP contribution in [0.15, 0.2) is 6.07 Å². The van der Waals surface area contributed by atoms with E-state index in [2.05, 4.69) is 27.8 Å². The normalized spacial score (nSPS) is 21.6. The maximum absolute atomic E-state index is 12.2. The quantitative estimate of drug-likeness (QED) is 0.778. The van der Waals surface area contributed by atoms with E-state index in [1.807, 2.05) is 0 Å². The molecule has 0 aromatic carbocycles. The molecule has 1 unspecified atom stereocenters. The highest BCUT2D eigenvalue weighted by Gasteiger charge is 2.25. The van der Waals surface area contributed by atoms with E-state index < -0.39 is 0 Å². The Morgan fingerprint density at radius 3 is 3.14 bits per heavy atom. The minimum Gasteiger partial charge on any atom is -0.359 e. The number of rotatable bonds is 4. The van der Waals surface area contributed by atoms with E-state index in [1.54, 1.807) is 6.07 Å². The van der Waals surface area contributed by atoms with Crippen molar-refractivity contribution in [2.75, 3.05) is 31.6 Å². The molecule has 2 aliphatic heterocycles. The van der Waals surface area contributed by atoms with Crippen LogP contribution in [0.3, 0.4) is 0 Å². The van der Waals surface area contributed by atoms with Gasteiger partial charge in [-0.2, -0.15) is 0 Å². The molecule has 1 aromatic rings. The van der Waals surface area contributed by atoms with Gasteiger partial charge in [-0.25, -0.2) is 0 Å². The Labute approximate surface area is 127 Å². The van der Waals surface area contributed by atoms with Crippen LogP contribution >= 0.6 is 11.3 Å². The van der Waals surface area contributed by atoms with Gasteiger partial charge in [0.15, 0.2) is 0 Å². The fraction of sp³-hybridized carbons (Fsp3) is 0.571. The van der Waals surface area contributed by atoms with Gasteiger partial charge >= 0.3 is 0 Å². The predicted octanol–water partition coefficient (Wildman–Crippen LogP) is 1.07. The molecule has 3 heterocycles. The first kappa shape index (κ1) is 14.3. The van der Waals surface area contributed by atoms with Crippen LogP contribution in [-0.2, 0) is 0 Å². The molecule has 21 heavy (non-hydrogen) atoms. The molecule has 2 amide bonds. The van der Waals surface area contributed by atoms with Crippen LogP contribution in [0, 0.1) is 0 Å². The third-order valence-electron chi connectivity index (χ3n) is 4.10. The van der Waals surface area contributed by atoms with Crippen LogP contribution in [0.5, 0.6) is 0 Å². The molecule has 6 nitrogen and oxygen atoms in total. The van der Waals surface area contributed by atoms with Gasteiger partial charge in [0, 0.05) is 12.6 Å². The average Bonchev–Trinajstić information content (AvgIpc) is 3.11. The zero-order valence-electron chi connectivity index (χ0n) is 12.1. The van der Waals surface area contributed by atoms with Crippen LogP contribution < -0.4 is 16.0 Å². The number of likely N-dealkylation sites (tertiary alicyclic amines) is 1. The van der Waals surface area contributed by atoms with E-state index in [0.29, 0.717) is 29.7 Å². The van der Waals surface area contributed by atoms with Gasteiger partial charge in [-0.05, 0) is 32.0 Å². The van der Waals surface area contributed by atoms with Crippen LogP contribution in [0.1, 0.15) is 39.8 Å². The molecular weight excluding hydrogens is 288 g/mol. The fourth-order valence-electron chi connectivity index (χ4n) is 2.94. The van der Waals surface area contributed by atoms with Crippen LogP contribution in [-0.4, -0.2) is 49.1 Å². The van der Waals surface area contributed by atoms with Gasteiger partial charge in [0.05, 0.1) is 17.1 Å². The molecule has 0 saturated carbocycles. The molecule has 1 saturated heterocycles. The molecule has 2 aliphatic rings. The lowest BCUT2D eigenvalue weighted by Crippen LogP contribution is -2.39. The van der Waals surface area contributed by atoms with E-state index in [4.69, 9.17) is 0 Å². The molecule has 0 spiro atoms. The van der Waals surface area contributed by atoms with Crippen LogP contribution in [0.2, 0.25) is 0 Å². The summed E-state index contributed by atoms with van der Waals surface area (Å²) in [6.45, 7) is 5.39. The molecule has 1 aromatic heterocycles. The van der Waals surface area contributed by atoms with Gasteiger partial charge in [-0.1, -0.05) is 6.92 Å². The van der Waals surface area contributed by atoms with Crippen molar-refractivity contribution in [2.24, 2.45) is 0 Å². The summed E-state index contributed by atoms with van der Waals surface area (Å²) in [7, 11) is 0. The summed E-state index contributed by atoms with van der Waals surface area (Å²) in [5.74, 6) is -0.209. The smallest absolute Gasteiger partial charge is 0.261 e. The zero-order chi connectivity index (χ0) is 14.8. The Bertz CT molecular complexity index is 557. The van der Waals surface area contributed by atoms with Crippen molar-refractivity contribution in [3.05, 3.63) is 16.5 Å². The summed E-state index contributed by atoms with van der Waals surface area (Å²) in [6, 6.07) is 2.11. The molecule has 114 valence electrons. The second kappa shape index (κ2) is 6.03. The topological polar surface area (TPSA) is 73.5 Å². The first-order chi connectivity index (χ1) is 10.2. The molecule has 0 radical (unpaired) electrons.